The van der Waals surface area contributed by atoms with Crippen molar-refractivity contribution in [1.29, 1.82) is 0 Å². The predicted molar refractivity (Wildman–Crippen MR) is 200 cm³/mol. The summed E-state index contributed by atoms with van der Waals surface area (Å²) in [4.78, 5) is 15.8. The van der Waals surface area contributed by atoms with E-state index in [1.165, 1.54) is 11.4 Å². The van der Waals surface area contributed by atoms with Gasteiger partial charge in [-0.1, -0.05) is 56.6 Å². The van der Waals surface area contributed by atoms with Gasteiger partial charge in [0.05, 0.1) is 28.5 Å². The Kier molecular flexibility index (Phi) is 14.9. The molecular weight excluding hydrogens is 640 g/mol. The molecule has 0 saturated carbocycles. The Morgan fingerprint density at radius 1 is 1.00 bits per heavy atom. The van der Waals surface area contributed by atoms with Gasteiger partial charge < -0.3 is 24.6 Å². The molecule has 2 N–H and O–H groups in total. The molecule has 49 heavy (non-hydrogen) atoms. The molecule has 0 amide bonds. The van der Waals surface area contributed by atoms with Crippen LogP contribution in [0.15, 0.2) is 48.5 Å². The van der Waals surface area contributed by atoms with Crippen molar-refractivity contribution >= 4 is 29.5 Å². The summed E-state index contributed by atoms with van der Waals surface area (Å²) in [5.41, 5.74) is 6.47. The zero-order valence-corrected chi connectivity index (χ0v) is 31.3. The van der Waals surface area contributed by atoms with E-state index in [9.17, 15) is 0 Å². The van der Waals surface area contributed by atoms with E-state index in [1.807, 2.05) is 32.0 Å². The van der Waals surface area contributed by atoms with Crippen LogP contribution in [0.2, 0.25) is 5.02 Å². The second kappa shape index (κ2) is 18.4. The SMILES string of the molecule is CC.CC(C)(C)O.CCc1c(C)nc2cc3nn2c1N1CCC(C)(CC1)OCCCCCOc1cccc(Cl)c1-c1cccc-3c1.O=CO. The fourth-order valence-electron chi connectivity index (χ4n) is 5.97. The van der Waals surface area contributed by atoms with E-state index in [1.54, 1.807) is 20.8 Å². The molecule has 4 aromatic rings. The van der Waals surface area contributed by atoms with Gasteiger partial charge in [-0.25, -0.2) is 4.98 Å². The van der Waals surface area contributed by atoms with Crippen molar-refractivity contribution in [3.63, 3.8) is 0 Å². The van der Waals surface area contributed by atoms with Gasteiger partial charge in [0.2, 0.25) is 0 Å². The molecule has 7 rings (SSSR count). The molecule has 0 unspecified atom stereocenters. The maximum atomic E-state index is 8.52. The van der Waals surface area contributed by atoms with E-state index in [0.29, 0.717) is 11.6 Å². The number of anilines is 1. The fourth-order valence-corrected chi connectivity index (χ4v) is 6.25. The van der Waals surface area contributed by atoms with Gasteiger partial charge in [-0.05, 0) is 96.9 Å². The Bertz CT molecular complexity index is 1630. The molecule has 9 nitrogen and oxygen atoms in total. The Morgan fingerprint density at radius 2 is 1.61 bits per heavy atom. The van der Waals surface area contributed by atoms with Crippen molar-refractivity contribution in [2.75, 3.05) is 31.2 Å². The van der Waals surface area contributed by atoms with Crippen LogP contribution in [-0.4, -0.2) is 68.8 Å². The summed E-state index contributed by atoms with van der Waals surface area (Å²) < 4.78 is 14.8. The Morgan fingerprint density at radius 3 is 2.27 bits per heavy atom. The number of hydrogen-bond donors (Lipinski definition) is 2. The first kappa shape index (κ1) is 39.8. The van der Waals surface area contributed by atoms with Crippen LogP contribution in [0, 0.1) is 6.92 Å². The Balaban J connectivity index is 0.000000581. The first-order valence-electron chi connectivity index (χ1n) is 17.5. The number of nitrogens with zero attached hydrogens (tertiary/aromatic N) is 4. The second-order valence-corrected chi connectivity index (χ2v) is 13.7. The molecule has 5 heterocycles. The summed E-state index contributed by atoms with van der Waals surface area (Å²) in [6.07, 6.45) is 5.99. The van der Waals surface area contributed by atoms with Gasteiger partial charge in [-0.3, -0.25) is 4.79 Å². The summed E-state index contributed by atoms with van der Waals surface area (Å²) in [6, 6.07) is 16.4. The molecule has 0 spiro atoms. The van der Waals surface area contributed by atoms with E-state index >= 15 is 0 Å². The zero-order chi connectivity index (χ0) is 36.2. The minimum atomic E-state index is -0.500. The van der Waals surface area contributed by atoms with Crippen LogP contribution in [0.4, 0.5) is 5.82 Å². The number of ether oxygens (including phenoxy) is 2. The van der Waals surface area contributed by atoms with Crippen molar-refractivity contribution in [3.05, 3.63) is 64.8 Å². The molecule has 3 aliphatic heterocycles. The highest BCUT2D eigenvalue weighted by molar-refractivity contribution is 6.33. The minimum absolute atomic E-state index is 0.0905. The molecule has 1 saturated heterocycles. The average molecular weight is 695 g/mol. The Labute approximate surface area is 297 Å². The molecule has 0 aliphatic carbocycles. The van der Waals surface area contributed by atoms with Crippen LogP contribution < -0.4 is 9.64 Å². The summed E-state index contributed by atoms with van der Waals surface area (Å²) in [7, 11) is 0. The maximum absolute atomic E-state index is 8.52. The molecule has 3 aliphatic rings. The molecule has 0 radical (unpaired) electrons. The molecular formula is C39H55ClN4O5. The fraction of sp³-hybridized carbons (Fsp3) is 0.513. The van der Waals surface area contributed by atoms with Crippen molar-refractivity contribution in [2.24, 2.45) is 0 Å². The van der Waals surface area contributed by atoms with Crippen LogP contribution in [0.1, 0.15) is 91.8 Å². The monoisotopic (exact) mass is 694 g/mol. The zero-order valence-electron chi connectivity index (χ0n) is 30.6. The van der Waals surface area contributed by atoms with Crippen molar-refractivity contribution < 1.29 is 24.5 Å². The van der Waals surface area contributed by atoms with Crippen molar-refractivity contribution in [1.82, 2.24) is 14.6 Å². The van der Waals surface area contributed by atoms with Gasteiger partial charge in [0.15, 0.2) is 5.65 Å². The number of halogens is 1. The second-order valence-electron chi connectivity index (χ2n) is 13.3. The first-order chi connectivity index (χ1) is 23.4. The van der Waals surface area contributed by atoms with Gasteiger partial charge in [-0.2, -0.15) is 9.61 Å². The van der Waals surface area contributed by atoms with Crippen molar-refractivity contribution in [2.45, 2.75) is 105 Å². The Hall–Kier alpha value is -3.66. The van der Waals surface area contributed by atoms with E-state index < -0.39 is 5.60 Å². The van der Waals surface area contributed by atoms with Crippen LogP contribution in [0.25, 0.3) is 28.0 Å². The van der Waals surface area contributed by atoms with Crippen LogP contribution in [0.5, 0.6) is 5.75 Å². The third kappa shape index (κ3) is 10.9. The third-order valence-corrected chi connectivity index (χ3v) is 8.59. The van der Waals surface area contributed by atoms with E-state index in [4.69, 9.17) is 46.2 Å². The molecule has 0 atom stereocenters. The number of piperidine rings is 1. The van der Waals surface area contributed by atoms with Gasteiger partial charge in [0.25, 0.3) is 6.47 Å². The van der Waals surface area contributed by atoms with Crippen LogP contribution in [-0.2, 0) is 16.0 Å². The number of aromatic nitrogens is 3. The minimum Gasteiger partial charge on any atom is -0.493 e. The number of rotatable bonds is 1. The molecule has 2 aromatic carbocycles. The smallest absolute Gasteiger partial charge is 0.290 e. The lowest BCUT2D eigenvalue weighted by molar-refractivity contribution is -0.122. The highest BCUT2D eigenvalue weighted by Gasteiger charge is 2.33. The summed E-state index contributed by atoms with van der Waals surface area (Å²) >= 11 is 6.74. The predicted octanol–water partition coefficient (Wildman–Crippen LogP) is 9.03. The van der Waals surface area contributed by atoms with E-state index in [0.717, 1.165) is 97.7 Å². The lowest BCUT2D eigenvalue weighted by atomic mass is 9.93. The first-order valence-corrected chi connectivity index (χ1v) is 17.9. The van der Waals surface area contributed by atoms with E-state index in [-0.39, 0.29) is 12.1 Å². The summed E-state index contributed by atoms with van der Waals surface area (Å²) in [5.74, 6) is 1.98. The van der Waals surface area contributed by atoms with Crippen LogP contribution in [0.3, 0.4) is 0 Å². The molecule has 10 heteroatoms. The quantitative estimate of drug-likeness (QED) is 0.190. The number of aryl methyl sites for hydroxylation is 1. The van der Waals surface area contributed by atoms with Gasteiger partial charge >= 0.3 is 0 Å². The number of hydrogen-bond acceptors (Lipinski definition) is 7. The lowest BCUT2D eigenvalue weighted by Crippen LogP contribution is -2.45. The molecule has 268 valence electrons. The average Bonchev–Trinajstić information content (AvgIpc) is 3.48. The van der Waals surface area contributed by atoms with Gasteiger partial charge in [0, 0.05) is 48.1 Å². The van der Waals surface area contributed by atoms with Gasteiger partial charge in [-0.15, -0.1) is 0 Å². The number of fused-ring (bicyclic) bond motifs is 8. The topological polar surface area (TPSA) is 109 Å². The maximum Gasteiger partial charge on any atom is 0.290 e. The number of benzene rings is 2. The molecule has 1 fully saturated rings. The normalized spacial score (nSPS) is 15.7. The standard InChI is InChI=1S/C32H37ClN4O2.C4H10O.C2H6.CH2O2/c1-4-25-22(2)34-29-21-27-23-10-8-11-24(20-23)30-26(33)12-9-13-28(30)38-18-6-5-7-19-39-32(3)14-16-36(17-15-32)31(25)37(29)35-27;1-4(2,3)5;1-2;2-1-3/h8-13,20-21H,4-7,14-19H2,1-3H3;5H,1-3H3;1-2H3;1H,(H,2,3). The highest BCUT2D eigenvalue weighted by atomic mass is 35.5. The summed E-state index contributed by atoms with van der Waals surface area (Å²) in [6.45, 7) is 18.9. The van der Waals surface area contributed by atoms with Crippen LogP contribution >= 0.6 is 11.6 Å². The van der Waals surface area contributed by atoms with Gasteiger partial charge in [0.1, 0.15) is 11.6 Å². The lowest BCUT2D eigenvalue weighted by Gasteiger charge is -2.41. The van der Waals surface area contributed by atoms with Crippen molar-refractivity contribution in [3.8, 4) is 28.1 Å². The number of aliphatic hydroxyl groups is 1. The largest absolute Gasteiger partial charge is 0.493 e. The molecule has 6 bridgehead atoms. The highest BCUT2D eigenvalue weighted by Crippen LogP contribution is 2.39. The molecule has 2 aromatic heterocycles. The number of carboxylic acid groups (broad SMARTS) is 1. The number of carbonyl (C=O) groups is 1. The summed E-state index contributed by atoms with van der Waals surface area (Å²) in [5, 5.41) is 21.2. The van der Waals surface area contributed by atoms with E-state index in [2.05, 4.69) is 60.5 Å². The third-order valence-electron chi connectivity index (χ3n) is 8.27.